The van der Waals surface area contributed by atoms with Crippen LogP contribution in [0.25, 0.3) is 0 Å². The molecule has 3 aromatic rings. The van der Waals surface area contributed by atoms with Crippen LogP contribution in [0, 0.1) is 5.82 Å². The van der Waals surface area contributed by atoms with Crippen LogP contribution in [-0.2, 0) is 11.2 Å². The van der Waals surface area contributed by atoms with Crippen LogP contribution in [0.2, 0.25) is 5.02 Å². The van der Waals surface area contributed by atoms with Gasteiger partial charge in [0.15, 0.2) is 0 Å². The van der Waals surface area contributed by atoms with E-state index in [1.54, 1.807) is 12.1 Å². The molecule has 3 nitrogen and oxygen atoms in total. The average Bonchev–Trinajstić information content (AvgIpc) is 2.74. The maximum absolute atomic E-state index is 13.1. The van der Waals surface area contributed by atoms with Crippen molar-refractivity contribution in [2.75, 3.05) is 13.2 Å². The molecule has 0 aromatic heterocycles. The van der Waals surface area contributed by atoms with Gasteiger partial charge < -0.3 is 9.64 Å². The zero-order valence-corrected chi connectivity index (χ0v) is 16.6. The summed E-state index contributed by atoms with van der Waals surface area (Å²) in [6, 6.07) is 21.5. The minimum atomic E-state index is -0.315. The Morgan fingerprint density at radius 3 is 2.66 bits per heavy atom. The van der Waals surface area contributed by atoms with Gasteiger partial charge >= 0.3 is 0 Å². The molecule has 0 saturated carbocycles. The van der Waals surface area contributed by atoms with Gasteiger partial charge in [0, 0.05) is 11.6 Å². The molecule has 0 bridgehead atoms. The van der Waals surface area contributed by atoms with Gasteiger partial charge in [-0.1, -0.05) is 48.0 Å². The van der Waals surface area contributed by atoms with Crippen LogP contribution in [0.3, 0.4) is 0 Å². The molecule has 3 aromatic carbocycles. The summed E-state index contributed by atoms with van der Waals surface area (Å²) in [5.74, 6) is 0.256. The van der Waals surface area contributed by atoms with Gasteiger partial charge in [-0.2, -0.15) is 0 Å². The molecule has 0 saturated heterocycles. The molecule has 0 radical (unpaired) electrons. The summed E-state index contributed by atoms with van der Waals surface area (Å²) in [4.78, 5) is 15.0. The lowest BCUT2D eigenvalue weighted by atomic mass is 9.88. The van der Waals surface area contributed by atoms with Gasteiger partial charge in [-0.15, -0.1) is 0 Å². The standard InChI is InChI=1S/C24H21ClFNO2/c25-19-6-3-5-18(16-19)24-22-7-2-1-4-17(22)12-14-27(24)23(28)13-15-29-21-10-8-20(26)9-11-21/h1-11,16,24H,12-15H2. The Kier molecular flexibility index (Phi) is 5.81. The molecule has 1 aliphatic heterocycles. The molecular formula is C24H21ClFNO2. The van der Waals surface area contributed by atoms with Crippen LogP contribution in [0.1, 0.15) is 29.2 Å². The number of rotatable bonds is 5. The van der Waals surface area contributed by atoms with Crippen molar-refractivity contribution in [3.63, 3.8) is 0 Å². The fraction of sp³-hybridized carbons (Fsp3) is 0.208. The summed E-state index contributed by atoms with van der Waals surface area (Å²) in [5, 5.41) is 0.651. The summed E-state index contributed by atoms with van der Waals surface area (Å²) >= 11 is 6.23. The number of hydrogen-bond donors (Lipinski definition) is 0. The molecular weight excluding hydrogens is 389 g/mol. The van der Waals surface area contributed by atoms with Gasteiger partial charge in [0.1, 0.15) is 11.6 Å². The normalized spacial score (nSPS) is 15.7. The Labute approximate surface area is 174 Å². The predicted octanol–water partition coefficient (Wildman–Crippen LogP) is 5.42. The number of fused-ring (bicyclic) bond motifs is 1. The van der Waals surface area contributed by atoms with Crippen LogP contribution < -0.4 is 4.74 Å². The number of ether oxygens (including phenoxy) is 1. The first-order valence-corrected chi connectivity index (χ1v) is 10.0. The van der Waals surface area contributed by atoms with Crippen molar-refractivity contribution in [1.82, 2.24) is 4.90 Å². The highest BCUT2D eigenvalue weighted by molar-refractivity contribution is 6.30. The van der Waals surface area contributed by atoms with Gasteiger partial charge in [-0.25, -0.2) is 4.39 Å². The third-order valence-corrected chi connectivity index (χ3v) is 5.40. The van der Waals surface area contributed by atoms with Gasteiger partial charge in [-0.3, -0.25) is 4.79 Å². The fourth-order valence-electron chi connectivity index (χ4n) is 3.80. The maximum atomic E-state index is 13.1. The molecule has 1 atom stereocenters. The van der Waals surface area contributed by atoms with Crippen molar-refractivity contribution in [2.45, 2.75) is 18.9 Å². The van der Waals surface area contributed by atoms with E-state index in [2.05, 4.69) is 12.1 Å². The number of halogens is 2. The number of benzene rings is 3. The highest BCUT2D eigenvalue weighted by atomic mass is 35.5. The van der Waals surface area contributed by atoms with Crippen LogP contribution in [0.5, 0.6) is 5.75 Å². The Bertz CT molecular complexity index is 1010. The highest BCUT2D eigenvalue weighted by Crippen LogP contribution is 2.36. The third kappa shape index (κ3) is 4.43. The molecule has 0 fully saturated rings. The van der Waals surface area contributed by atoms with E-state index < -0.39 is 0 Å². The van der Waals surface area contributed by atoms with E-state index in [4.69, 9.17) is 16.3 Å². The summed E-state index contributed by atoms with van der Waals surface area (Å²) in [6.45, 7) is 0.883. The number of nitrogens with zero attached hydrogens (tertiary/aromatic N) is 1. The van der Waals surface area contributed by atoms with Gasteiger partial charge in [0.05, 0.1) is 19.1 Å². The quantitative estimate of drug-likeness (QED) is 0.563. The van der Waals surface area contributed by atoms with Crippen LogP contribution in [0.15, 0.2) is 72.8 Å². The molecule has 1 heterocycles. The Morgan fingerprint density at radius 2 is 1.86 bits per heavy atom. The summed E-state index contributed by atoms with van der Waals surface area (Å²) in [5.41, 5.74) is 3.38. The molecule has 1 unspecified atom stereocenters. The summed E-state index contributed by atoms with van der Waals surface area (Å²) in [7, 11) is 0. The monoisotopic (exact) mass is 409 g/mol. The largest absolute Gasteiger partial charge is 0.493 e. The summed E-state index contributed by atoms with van der Waals surface area (Å²) in [6.07, 6.45) is 1.06. The predicted molar refractivity (Wildman–Crippen MR) is 112 cm³/mol. The van der Waals surface area contributed by atoms with Gasteiger partial charge in [0.2, 0.25) is 5.91 Å². The molecule has 5 heteroatoms. The zero-order chi connectivity index (χ0) is 20.2. The number of carbonyl (C=O) groups excluding carboxylic acids is 1. The van der Waals surface area contributed by atoms with E-state index in [0.717, 1.165) is 17.5 Å². The first-order valence-electron chi connectivity index (χ1n) is 9.63. The van der Waals surface area contributed by atoms with Crippen molar-refractivity contribution in [1.29, 1.82) is 0 Å². The fourth-order valence-corrected chi connectivity index (χ4v) is 4.00. The SMILES string of the molecule is O=C(CCOc1ccc(F)cc1)N1CCc2ccccc2C1c1cccc(Cl)c1. The van der Waals surface area contributed by atoms with Crippen LogP contribution in [-0.4, -0.2) is 24.0 Å². The second-order valence-electron chi connectivity index (χ2n) is 7.05. The number of amides is 1. The van der Waals surface area contributed by atoms with E-state index in [0.29, 0.717) is 17.3 Å². The Hall–Kier alpha value is -2.85. The molecule has 4 rings (SSSR count). The van der Waals surface area contributed by atoms with E-state index in [9.17, 15) is 9.18 Å². The molecule has 0 spiro atoms. The molecule has 29 heavy (non-hydrogen) atoms. The maximum Gasteiger partial charge on any atom is 0.226 e. The Morgan fingerprint density at radius 1 is 1.07 bits per heavy atom. The van der Waals surface area contributed by atoms with E-state index in [-0.39, 0.29) is 30.8 Å². The van der Waals surface area contributed by atoms with E-state index >= 15 is 0 Å². The first-order chi connectivity index (χ1) is 14.1. The first kappa shape index (κ1) is 19.5. The average molecular weight is 410 g/mol. The van der Waals surface area contributed by atoms with Crippen molar-refractivity contribution >= 4 is 17.5 Å². The Balaban J connectivity index is 1.53. The highest BCUT2D eigenvalue weighted by Gasteiger charge is 2.31. The van der Waals surface area contributed by atoms with Crippen LogP contribution >= 0.6 is 11.6 Å². The number of carbonyl (C=O) groups is 1. The second-order valence-corrected chi connectivity index (χ2v) is 7.48. The van der Waals surface area contributed by atoms with Crippen molar-refractivity contribution in [2.24, 2.45) is 0 Å². The molecule has 0 N–H and O–H groups in total. The van der Waals surface area contributed by atoms with Gasteiger partial charge in [0.25, 0.3) is 0 Å². The minimum Gasteiger partial charge on any atom is -0.493 e. The molecule has 1 aliphatic rings. The van der Waals surface area contributed by atoms with E-state index in [1.807, 2.05) is 41.3 Å². The van der Waals surface area contributed by atoms with Crippen LogP contribution in [0.4, 0.5) is 4.39 Å². The molecule has 148 valence electrons. The van der Waals surface area contributed by atoms with Crippen molar-refractivity contribution in [3.05, 3.63) is 100 Å². The minimum absolute atomic E-state index is 0.0200. The zero-order valence-electron chi connectivity index (χ0n) is 15.9. The lowest BCUT2D eigenvalue weighted by molar-refractivity contribution is -0.133. The van der Waals surface area contributed by atoms with Gasteiger partial charge in [-0.05, 0) is 59.5 Å². The third-order valence-electron chi connectivity index (χ3n) is 5.17. The molecule has 0 aliphatic carbocycles. The van der Waals surface area contributed by atoms with E-state index in [1.165, 1.54) is 17.7 Å². The smallest absolute Gasteiger partial charge is 0.226 e. The lowest BCUT2D eigenvalue weighted by Crippen LogP contribution is -2.41. The summed E-state index contributed by atoms with van der Waals surface area (Å²) < 4.78 is 18.6. The van der Waals surface area contributed by atoms with Crippen molar-refractivity contribution in [3.8, 4) is 5.75 Å². The molecule has 1 amide bonds. The number of hydrogen-bond acceptors (Lipinski definition) is 2. The lowest BCUT2D eigenvalue weighted by Gasteiger charge is -2.38. The van der Waals surface area contributed by atoms with Crippen molar-refractivity contribution < 1.29 is 13.9 Å². The second kappa shape index (κ2) is 8.66. The topological polar surface area (TPSA) is 29.5 Å².